The van der Waals surface area contributed by atoms with Crippen molar-refractivity contribution in [1.82, 2.24) is 4.72 Å². The maximum absolute atomic E-state index is 11.7. The minimum absolute atomic E-state index is 0.0421. The van der Waals surface area contributed by atoms with Gasteiger partial charge in [-0.3, -0.25) is 0 Å². The number of benzene rings is 1. The first-order chi connectivity index (χ1) is 8.07. The standard InChI is InChI=1S/C13H17NO2S/c1-11(13-7-8-13)14-17(15,16)10-9-12-5-3-2-4-6-12/h2-6,9-11,13-14H,7-8H2,1H3/b10-9+/t11-/m0/s1. The molecule has 0 radical (unpaired) electrons. The fraction of sp³-hybridized carbons (Fsp3) is 0.385. The smallest absolute Gasteiger partial charge is 0.209 e. The SMILES string of the molecule is C[C@H](NS(=O)(=O)/C=C/c1ccccc1)C1CC1. The number of hydrogen-bond donors (Lipinski definition) is 1. The first-order valence-corrected chi connectivity index (χ1v) is 7.37. The van der Waals surface area contributed by atoms with Gasteiger partial charge in [-0.1, -0.05) is 30.3 Å². The van der Waals surface area contributed by atoms with E-state index in [1.807, 2.05) is 37.3 Å². The first-order valence-electron chi connectivity index (χ1n) is 5.82. The predicted octanol–water partition coefficient (Wildman–Crippen LogP) is 2.38. The molecule has 3 nitrogen and oxygen atoms in total. The van der Waals surface area contributed by atoms with Gasteiger partial charge in [0.25, 0.3) is 0 Å². The summed E-state index contributed by atoms with van der Waals surface area (Å²) in [5.41, 5.74) is 0.886. The summed E-state index contributed by atoms with van der Waals surface area (Å²) in [5, 5.41) is 1.24. The Hall–Kier alpha value is -1.13. The van der Waals surface area contributed by atoms with Gasteiger partial charge in [0.1, 0.15) is 0 Å². The Labute approximate surface area is 103 Å². The molecule has 0 heterocycles. The molecule has 1 fully saturated rings. The maximum Gasteiger partial charge on any atom is 0.233 e. The van der Waals surface area contributed by atoms with Crippen molar-refractivity contribution in [1.29, 1.82) is 0 Å². The van der Waals surface area contributed by atoms with Gasteiger partial charge >= 0.3 is 0 Å². The van der Waals surface area contributed by atoms with Crippen molar-refractivity contribution in [3.8, 4) is 0 Å². The van der Waals surface area contributed by atoms with Crippen LogP contribution in [0.2, 0.25) is 0 Å². The Morgan fingerprint density at radius 1 is 1.29 bits per heavy atom. The summed E-state index contributed by atoms with van der Waals surface area (Å²) in [5.74, 6) is 0.523. The van der Waals surface area contributed by atoms with Gasteiger partial charge in [0.2, 0.25) is 10.0 Å². The highest BCUT2D eigenvalue weighted by molar-refractivity contribution is 7.92. The molecule has 1 aliphatic carbocycles. The largest absolute Gasteiger partial charge is 0.233 e. The Kier molecular flexibility index (Phi) is 3.64. The molecule has 4 heteroatoms. The summed E-state index contributed by atoms with van der Waals surface area (Å²) in [4.78, 5) is 0. The van der Waals surface area contributed by atoms with E-state index in [4.69, 9.17) is 0 Å². The van der Waals surface area contributed by atoms with E-state index in [2.05, 4.69) is 4.72 Å². The molecular formula is C13H17NO2S. The summed E-state index contributed by atoms with van der Waals surface area (Å²) >= 11 is 0. The summed E-state index contributed by atoms with van der Waals surface area (Å²) in [6, 6.07) is 9.45. The number of rotatable bonds is 5. The molecule has 1 aliphatic rings. The lowest BCUT2D eigenvalue weighted by Crippen LogP contribution is -2.32. The molecule has 1 N–H and O–H groups in total. The van der Waals surface area contributed by atoms with E-state index in [-0.39, 0.29) is 6.04 Å². The zero-order chi connectivity index (χ0) is 12.3. The molecule has 0 unspecified atom stereocenters. The van der Waals surface area contributed by atoms with Crippen LogP contribution >= 0.6 is 0 Å². The van der Waals surface area contributed by atoms with Crippen molar-refractivity contribution >= 4 is 16.1 Å². The van der Waals surface area contributed by atoms with Crippen molar-refractivity contribution < 1.29 is 8.42 Å². The molecule has 1 saturated carbocycles. The Bertz CT molecular complexity index is 489. The molecule has 2 rings (SSSR count). The Morgan fingerprint density at radius 2 is 1.94 bits per heavy atom. The topological polar surface area (TPSA) is 46.2 Å². The van der Waals surface area contributed by atoms with Crippen LogP contribution in [0.25, 0.3) is 6.08 Å². The van der Waals surface area contributed by atoms with Crippen molar-refractivity contribution in [3.05, 3.63) is 41.3 Å². The van der Waals surface area contributed by atoms with Crippen LogP contribution in [0.4, 0.5) is 0 Å². The third kappa shape index (κ3) is 3.98. The van der Waals surface area contributed by atoms with E-state index < -0.39 is 10.0 Å². The Balaban J connectivity index is 1.99. The molecule has 17 heavy (non-hydrogen) atoms. The molecule has 1 aromatic carbocycles. The second-order valence-corrected chi connectivity index (χ2v) is 6.10. The normalized spacial score (nSPS) is 18.4. The monoisotopic (exact) mass is 251 g/mol. The second kappa shape index (κ2) is 5.02. The van der Waals surface area contributed by atoms with Gasteiger partial charge in [-0.2, -0.15) is 0 Å². The number of hydrogen-bond acceptors (Lipinski definition) is 2. The molecule has 0 amide bonds. The van der Waals surface area contributed by atoms with Gasteiger partial charge in [0.05, 0.1) is 0 Å². The van der Waals surface area contributed by atoms with E-state index in [0.717, 1.165) is 18.4 Å². The molecule has 0 aromatic heterocycles. The van der Waals surface area contributed by atoms with E-state index in [1.165, 1.54) is 5.41 Å². The van der Waals surface area contributed by atoms with Crippen LogP contribution in [-0.2, 0) is 10.0 Å². The third-order valence-electron chi connectivity index (χ3n) is 2.92. The average Bonchev–Trinajstić information content (AvgIpc) is 3.11. The Morgan fingerprint density at radius 3 is 2.53 bits per heavy atom. The van der Waals surface area contributed by atoms with Gasteiger partial charge in [-0.15, -0.1) is 0 Å². The van der Waals surface area contributed by atoms with E-state index in [1.54, 1.807) is 6.08 Å². The fourth-order valence-corrected chi connectivity index (χ4v) is 2.85. The quantitative estimate of drug-likeness (QED) is 0.873. The maximum atomic E-state index is 11.7. The minimum Gasteiger partial charge on any atom is -0.209 e. The van der Waals surface area contributed by atoms with Gasteiger partial charge in [0.15, 0.2) is 0 Å². The van der Waals surface area contributed by atoms with Crippen molar-refractivity contribution in [3.63, 3.8) is 0 Å². The molecule has 92 valence electrons. The van der Waals surface area contributed by atoms with Crippen LogP contribution < -0.4 is 4.72 Å². The van der Waals surface area contributed by atoms with Crippen molar-refractivity contribution in [2.24, 2.45) is 5.92 Å². The minimum atomic E-state index is -3.31. The van der Waals surface area contributed by atoms with Gasteiger partial charge in [0, 0.05) is 11.4 Å². The molecular weight excluding hydrogens is 234 g/mol. The summed E-state index contributed by atoms with van der Waals surface area (Å²) in [6.45, 7) is 1.92. The van der Waals surface area contributed by atoms with Crippen LogP contribution in [0, 0.1) is 5.92 Å². The molecule has 0 aliphatic heterocycles. The van der Waals surface area contributed by atoms with Crippen molar-refractivity contribution in [2.45, 2.75) is 25.8 Å². The predicted molar refractivity (Wildman–Crippen MR) is 69.7 cm³/mol. The van der Waals surface area contributed by atoms with Crippen molar-refractivity contribution in [2.75, 3.05) is 0 Å². The lowest BCUT2D eigenvalue weighted by molar-refractivity contribution is 0.545. The highest BCUT2D eigenvalue weighted by Crippen LogP contribution is 2.32. The van der Waals surface area contributed by atoms with Crippen LogP contribution in [0.5, 0.6) is 0 Å². The molecule has 1 aromatic rings. The fourth-order valence-electron chi connectivity index (χ4n) is 1.72. The third-order valence-corrected chi connectivity index (χ3v) is 4.11. The highest BCUT2D eigenvalue weighted by Gasteiger charge is 2.29. The number of nitrogens with one attached hydrogen (secondary N) is 1. The molecule has 1 atom stereocenters. The number of sulfonamides is 1. The molecule has 0 bridgehead atoms. The summed E-state index contributed by atoms with van der Waals surface area (Å²) in [7, 11) is -3.31. The summed E-state index contributed by atoms with van der Waals surface area (Å²) < 4.78 is 26.2. The van der Waals surface area contributed by atoms with Crippen LogP contribution in [0.1, 0.15) is 25.3 Å². The molecule has 0 saturated heterocycles. The zero-order valence-corrected chi connectivity index (χ0v) is 10.7. The average molecular weight is 251 g/mol. The molecule has 0 spiro atoms. The first kappa shape index (κ1) is 12.3. The second-order valence-electron chi connectivity index (χ2n) is 4.50. The van der Waals surface area contributed by atoms with Gasteiger partial charge in [-0.05, 0) is 37.3 Å². The van der Waals surface area contributed by atoms with Gasteiger partial charge < -0.3 is 0 Å². The van der Waals surface area contributed by atoms with Crippen LogP contribution in [0.3, 0.4) is 0 Å². The lowest BCUT2D eigenvalue weighted by Gasteiger charge is -2.10. The zero-order valence-electron chi connectivity index (χ0n) is 9.84. The van der Waals surface area contributed by atoms with E-state index in [0.29, 0.717) is 5.92 Å². The summed E-state index contributed by atoms with van der Waals surface area (Å²) in [6.07, 6.45) is 3.88. The van der Waals surface area contributed by atoms with Crippen LogP contribution in [0.15, 0.2) is 35.7 Å². The van der Waals surface area contributed by atoms with Crippen LogP contribution in [-0.4, -0.2) is 14.5 Å². The lowest BCUT2D eigenvalue weighted by atomic mass is 10.2. The van der Waals surface area contributed by atoms with E-state index in [9.17, 15) is 8.42 Å². The van der Waals surface area contributed by atoms with E-state index >= 15 is 0 Å². The van der Waals surface area contributed by atoms with Gasteiger partial charge in [-0.25, -0.2) is 13.1 Å². The highest BCUT2D eigenvalue weighted by atomic mass is 32.2.